The molecule has 0 radical (unpaired) electrons. The van der Waals surface area contributed by atoms with E-state index >= 15 is 0 Å². The molecule has 1 spiro atoms. The minimum atomic E-state index is -3.19. The van der Waals surface area contributed by atoms with E-state index in [-0.39, 0.29) is 5.75 Å². The summed E-state index contributed by atoms with van der Waals surface area (Å²) in [6.45, 7) is 6.06. The molecule has 0 aromatic carbocycles. The number of aryl methyl sites for hydroxylation is 1. The van der Waals surface area contributed by atoms with Gasteiger partial charge < -0.3 is 14.1 Å². The van der Waals surface area contributed by atoms with Gasteiger partial charge in [-0.25, -0.2) is 8.42 Å². The normalized spacial score (nSPS) is 27.5. The highest BCUT2D eigenvalue weighted by atomic mass is 32.2. The fourth-order valence-electron chi connectivity index (χ4n) is 3.15. The number of morpholine rings is 1. The molecule has 2 aliphatic rings. The summed E-state index contributed by atoms with van der Waals surface area (Å²) in [5.74, 6) is 0.643. The molecule has 0 amide bonds. The zero-order valence-electron chi connectivity index (χ0n) is 13.0. The number of sulfonamides is 1. The fourth-order valence-corrected chi connectivity index (χ4v) is 4.30. The van der Waals surface area contributed by atoms with Gasteiger partial charge in [-0.05, 0) is 19.8 Å². The van der Waals surface area contributed by atoms with E-state index < -0.39 is 15.6 Å². The average molecular weight is 330 g/mol. The van der Waals surface area contributed by atoms with Crippen LogP contribution in [-0.2, 0) is 14.8 Å². The highest BCUT2D eigenvalue weighted by Crippen LogP contribution is 2.32. The highest BCUT2D eigenvalue weighted by Gasteiger charge is 2.44. The lowest BCUT2D eigenvalue weighted by Crippen LogP contribution is -2.61. The van der Waals surface area contributed by atoms with E-state index in [1.165, 1.54) is 0 Å². The first kappa shape index (κ1) is 15.7. The molecular weight excluding hydrogens is 308 g/mol. The number of anilines is 1. The largest absolute Gasteiger partial charge is 0.408 e. The lowest BCUT2D eigenvalue weighted by atomic mass is 9.91. The summed E-state index contributed by atoms with van der Waals surface area (Å²) in [5, 5.41) is 7.91. The molecule has 0 bridgehead atoms. The molecule has 124 valence electrons. The van der Waals surface area contributed by atoms with E-state index in [0.29, 0.717) is 38.1 Å². The van der Waals surface area contributed by atoms with Crippen LogP contribution in [0.1, 0.15) is 25.7 Å². The molecule has 1 aromatic heterocycles. The second kappa shape index (κ2) is 5.78. The molecule has 0 aliphatic carbocycles. The van der Waals surface area contributed by atoms with Crippen molar-refractivity contribution in [2.24, 2.45) is 0 Å². The van der Waals surface area contributed by atoms with Crippen molar-refractivity contribution in [3.8, 4) is 0 Å². The second-order valence-corrected chi connectivity index (χ2v) is 8.15. The molecule has 3 rings (SSSR count). The fraction of sp³-hybridized carbons (Fsp3) is 0.846. The van der Waals surface area contributed by atoms with Gasteiger partial charge in [0.1, 0.15) is 0 Å². The van der Waals surface area contributed by atoms with Crippen LogP contribution in [0.15, 0.2) is 4.42 Å². The molecule has 0 N–H and O–H groups in total. The van der Waals surface area contributed by atoms with Crippen molar-refractivity contribution in [3.05, 3.63) is 5.89 Å². The molecule has 1 atom stereocenters. The SMILES string of the molecule is CCS(=O)(=O)N1CCO[C@]2(CCCN(c3nnc(C)o3)C2)C1. The quantitative estimate of drug-likeness (QED) is 0.792. The maximum atomic E-state index is 12.2. The summed E-state index contributed by atoms with van der Waals surface area (Å²) in [6.07, 6.45) is 1.74. The van der Waals surface area contributed by atoms with E-state index in [1.807, 2.05) is 4.90 Å². The van der Waals surface area contributed by atoms with Crippen LogP contribution < -0.4 is 4.90 Å². The lowest BCUT2D eigenvalue weighted by Gasteiger charge is -2.47. The van der Waals surface area contributed by atoms with E-state index in [1.54, 1.807) is 18.2 Å². The third-order valence-electron chi connectivity index (χ3n) is 4.30. The van der Waals surface area contributed by atoms with Crippen molar-refractivity contribution in [3.63, 3.8) is 0 Å². The maximum absolute atomic E-state index is 12.2. The van der Waals surface area contributed by atoms with Crippen LogP contribution in [0.4, 0.5) is 6.01 Å². The van der Waals surface area contributed by atoms with Crippen LogP contribution in [0.5, 0.6) is 0 Å². The van der Waals surface area contributed by atoms with Gasteiger partial charge in [-0.1, -0.05) is 5.10 Å². The third kappa shape index (κ3) is 2.97. The summed E-state index contributed by atoms with van der Waals surface area (Å²) < 4.78 is 37.3. The third-order valence-corrected chi connectivity index (χ3v) is 6.13. The van der Waals surface area contributed by atoms with Crippen molar-refractivity contribution in [1.29, 1.82) is 0 Å². The number of piperidine rings is 1. The molecule has 0 saturated carbocycles. The molecule has 2 fully saturated rings. The topological polar surface area (TPSA) is 88.8 Å². The van der Waals surface area contributed by atoms with Gasteiger partial charge in [0.15, 0.2) is 0 Å². The summed E-state index contributed by atoms with van der Waals surface area (Å²) in [5.41, 5.74) is -0.485. The van der Waals surface area contributed by atoms with Gasteiger partial charge in [0.05, 0.1) is 24.5 Å². The van der Waals surface area contributed by atoms with E-state index in [2.05, 4.69) is 10.2 Å². The number of nitrogens with zero attached hydrogens (tertiary/aromatic N) is 4. The van der Waals surface area contributed by atoms with E-state index in [9.17, 15) is 8.42 Å². The Morgan fingerprint density at radius 2 is 2.09 bits per heavy atom. The molecule has 22 heavy (non-hydrogen) atoms. The van der Waals surface area contributed by atoms with Gasteiger partial charge in [0.2, 0.25) is 15.9 Å². The van der Waals surface area contributed by atoms with Crippen LogP contribution in [-0.4, -0.2) is 67.1 Å². The minimum Gasteiger partial charge on any atom is -0.408 e. The first-order chi connectivity index (χ1) is 10.4. The van der Waals surface area contributed by atoms with Crippen LogP contribution in [0, 0.1) is 6.92 Å². The Hall–Kier alpha value is -1.19. The van der Waals surface area contributed by atoms with Crippen LogP contribution in [0.3, 0.4) is 0 Å². The Kier molecular flexibility index (Phi) is 4.13. The standard InChI is InChI=1S/C13H22N4O4S/c1-3-22(18,19)17-7-8-20-13(10-17)5-4-6-16(9-13)12-15-14-11(2)21-12/h3-10H2,1-2H3/t13-/m0/s1. The van der Waals surface area contributed by atoms with Gasteiger partial charge in [0, 0.05) is 26.6 Å². The molecule has 8 nitrogen and oxygen atoms in total. The predicted octanol–water partition coefficient (Wildman–Crippen LogP) is 0.399. The smallest absolute Gasteiger partial charge is 0.318 e. The van der Waals surface area contributed by atoms with Gasteiger partial charge in [-0.3, -0.25) is 0 Å². The predicted molar refractivity (Wildman–Crippen MR) is 80.2 cm³/mol. The molecule has 3 heterocycles. The summed E-state index contributed by atoms with van der Waals surface area (Å²) >= 11 is 0. The zero-order chi connectivity index (χ0) is 15.8. The minimum absolute atomic E-state index is 0.121. The Morgan fingerprint density at radius 3 is 2.77 bits per heavy atom. The first-order valence-corrected chi connectivity index (χ1v) is 9.22. The van der Waals surface area contributed by atoms with E-state index in [0.717, 1.165) is 19.4 Å². The molecule has 0 unspecified atom stereocenters. The monoisotopic (exact) mass is 330 g/mol. The molecule has 2 aliphatic heterocycles. The van der Waals surface area contributed by atoms with Crippen molar-refractivity contribution < 1.29 is 17.6 Å². The Morgan fingerprint density at radius 1 is 1.27 bits per heavy atom. The Bertz CT molecular complexity index is 628. The van der Waals surface area contributed by atoms with Crippen molar-refractivity contribution in [2.45, 2.75) is 32.3 Å². The number of rotatable bonds is 3. The molecule has 2 saturated heterocycles. The number of hydrogen-bond donors (Lipinski definition) is 0. The maximum Gasteiger partial charge on any atom is 0.318 e. The zero-order valence-corrected chi connectivity index (χ0v) is 13.8. The Labute approximate surface area is 130 Å². The number of ether oxygens (including phenoxy) is 1. The van der Waals surface area contributed by atoms with Crippen molar-refractivity contribution in [1.82, 2.24) is 14.5 Å². The summed E-state index contributed by atoms with van der Waals surface area (Å²) in [7, 11) is -3.19. The van der Waals surface area contributed by atoms with Gasteiger partial charge in [-0.2, -0.15) is 4.31 Å². The van der Waals surface area contributed by atoms with Crippen LogP contribution in [0.25, 0.3) is 0 Å². The first-order valence-electron chi connectivity index (χ1n) is 7.61. The number of aromatic nitrogens is 2. The van der Waals surface area contributed by atoms with Crippen LogP contribution in [0.2, 0.25) is 0 Å². The van der Waals surface area contributed by atoms with Crippen molar-refractivity contribution >= 4 is 16.0 Å². The number of hydrogen-bond acceptors (Lipinski definition) is 7. The second-order valence-electron chi connectivity index (χ2n) is 5.89. The van der Waals surface area contributed by atoms with Crippen molar-refractivity contribution in [2.75, 3.05) is 43.4 Å². The Balaban J connectivity index is 1.77. The summed E-state index contributed by atoms with van der Waals surface area (Å²) in [4.78, 5) is 1.99. The van der Waals surface area contributed by atoms with Gasteiger partial charge in [0.25, 0.3) is 0 Å². The van der Waals surface area contributed by atoms with E-state index in [4.69, 9.17) is 9.15 Å². The lowest BCUT2D eigenvalue weighted by molar-refractivity contribution is -0.0955. The van der Waals surface area contributed by atoms with Crippen LogP contribution >= 0.6 is 0 Å². The average Bonchev–Trinajstić information content (AvgIpc) is 2.94. The molecule has 9 heteroatoms. The highest BCUT2D eigenvalue weighted by molar-refractivity contribution is 7.89. The van der Waals surface area contributed by atoms with Gasteiger partial charge in [-0.15, -0.1) is 5.10 Å². The summed E-state index contributed by atoms with van der Waals surface area (Å²) in [6, 6.07) is 0.482. The molecular formula is C13H22N4O4S. The molecule has 1 aromatic rings. The van der Waals surface area contributed by atoms with Gasteiger partial charge >= 0.3 is 6.01 Å².